The molecule has 0 N–H and O–H groups in total. The molecule has 0 saturated carbocycles. The Morgan fingerprint density at radius 3 is 2.84 bits per heavy atom. The number of pyridine rings is 1. The first-order chi connectivity index (χ1) is 12.2. The molecule has 0 aliphatic carbocycles. The second kappa shape index (κ2) is 8.59. The Morgan fingerprint density at radius 2 is 2.08 bits per heavy atom. The number of rotatable bonds is 8. The second-order valence-electron chi connectivity index (χ2n) is 7.45. The summed E-state index contributed by atoms with van der Waals surface area (Å²) in [6.45, 7) is 9.20. The predicted octanol–water partition coefficient (Wildman–Crippen LogP) is 4.25. The summed E-state index contributed by atoms with van der Waals surface area (Å²) in [5.41, 5.74) is 4.37. The molecular formula is C22H30N2O. The lowest BCUT2D eigenvalue weighted by atomic mass is 9.82. The minimum Gasteiger partial charge on any atom is -0.381 e. The fourth-order valence-corrected chi connectivity index (χ4v) is 3.90. The van der Waals surface area contributed by atoms with Crippen molar-refractivity contribution in [1.29, 1.82) is 0 Å². The maximum atomic E-state index is 5.89. The van der Waals surface area contributed by atoms with E-state index in [4.69, 9.17) is 4.74 Å². The summed E-state index contributed by atoms with van der Waals surface area (Å²) in [7, 11) is 0. The first-order valence-corrected chi connectivity index (χ1v) is 9.44. The van der Waals surface area contributed by atoms with E-state index in [0.29, 0.717) is 0 Å². The largest absolute Gasteiger partial charge is 0.381 e. The molecule has 3 rings (SSSR count). The lowest BCUT2D eigenvalue weighted by Gasteiger charge is -2.29. The van der Waals surface area contributed by atoms with Crippen molar-refractivity contribution in [2.75, 3.05) is 26.3 Å². The van der Waals surface area contributed by atoms with Crippen LogP contribution in [0.25, 0.3) is 0 Å². The van der Waals surface area contributed by atoms with Crippen molar-refractivity contribution in [3.63, 3.8) is 0 Å². The summed E-state index contributed by atoms with van der Waals surface area (Å²) in [5.74, 6) is 0. The zero-order valence-electron chi connectivity index (χ0n) is 15.6. The summed E-state index contributed by atoms with van der Waals surface area (Å²) in [6.07, 6.45) is 7.37. The SMILES string of the molecule is CCOC[C@@]1(CCc2cccc(C)c2)CCN(Cc2cccnc2)C1. The van der Waals surface area contributed by atoms with Crippen LogP contribution in [-0.4, -0.2) is 36.2 Å². The minimum absolute atomic E-state index is 0.280. The highest BCUT2D eigenvalue weighted by Crippen LogP contribution is 2.36. The Bertz CT molecular complexity index is 658. The molecule has 0 bridgehead atoms. The molecule has 2 heterocycles. The molecule has 1 aliphatic rings. The Balaban J connectivity index is 1.63. The molecule has 0 unspecified atom stereocenters. The number of aryl methyl sites for hydroxylation is 2. The van der Waals surface area contributed by atoms with Gasteiger partial charge in [0.2, 0.25) is 0 Å². The van der Waals surface area contributed by atoms with Gasteiger partial charge in [-0.1, -0.05) is 35.9 Å². The number of hydrogen-bond acceptors (Lipinski definition) is 3. The van der Waals surface area contributed by atoms with Gasteiger partial charge in [-0.3, -0.25) is 9.88 Å². The van der Waals surface area contributed by atoms with Crippen molar-refractivity contribution in [1.82, 2.24) is 9.88 Å². The van der Waals surface area contributed by atoms with E-state index in [1.165, 1.54) is 29.5 Å². The van der Waals surface area contributed by atoms with Crippen LogP contribution in [0.15, 0.2) is 48.8 Å². The summed E-state index contributed by atoms with van der Waals surface area (Å²) in [5, 5.41) is 0. The highest BCUT2D eigenvalue weighted by atomic mass is 16.5. The number of likely N-dealkylation sites (tertiary alicyclic amines) is 1. The predicted molar refractivity (Wildman–Crippen MR) is 103 cm³/mol. The molecule has 134 valence electrons. The number of hydrogen-bond donors (Lipinski definition) is 0. The van der Waals surface area contributed by atoms with Gasteiger partial charge < -0.3 is 4.74 Å². The van der Waals surface area contributed by atoms with E-state index in [-0.39, 0.29) is 5.41 Å². The highest BCUT2D eigenvalue weighted by Gasteiger charge is 2.37. The average Bonchev–Trinajstić information content (AvgIpc) is 3.03. The normalized spacial score (nSPS) is 20.9. The lowest BCUT2D eigenvalue weighted by Crippen LogP contribution is -2.32. The average molecular weight is 338 g/mol. The van der Waals surface area contributed by atoms with Crippen LogP contribution in [0.4, 0.5) is 0 Å². The van der Waals surface area contributed by atoms with Crippen LogP contribution in [0.3, 0.4) is 0 Å². The first kappa shape index (κ1) is 18.1. The zero-order valence-corrected chi connectivity index (χ0v) is 15.6. The van der Waals surface area contributed by atoms with Gasteiger partial charge in [0.25, 0.3) is 0 Å². The molecule has 0 spiro atoms. The lowest BCUT2D eigenvalue weighted by molar-refractivity contribution is 0.0489. The third-order valence-electron chi connectivity index (χ3n) is 5.29. The van der Waals surface area contributed by atoms with E-state index in [2.05, 4.69) is 54.1 Å². The van der Waals surface area contributed by atoms with Crippen molar-refractivity contribution in [3.8, 4) is 0 Å². The summed E-state index contributed by atoms with van der Waals surface area (Å²) in [4.78, 5) is 6.81. The van der Waals surface area contributed by atoms with Crippen molar-refractivity contribution in [2.45, 2.75) is 39.7 Å². The van der Waals surface area contributed by atoms with Crippen LogP contribution >= 0.6 is 0 Å². The number of aromatic nitrogens is 1. The Labute approximate surface area is 152 Å². The molecule has 3 heteroatoms. The van der Waals surface area contributed by atoms with Gasteiger partial charge in [-0.2, -0.15) is 0 Å². The van der Waals surface area contributed by atoms with Crippen molar-refractivity contribution >= 4 is 0 Å². The molecule has 0 radical (unpaired) electrons. The third kappa shape index (κ3) is 5.13. The fraction of sp³-hybridized carbons (Fsp3) is 0.500. The van der Waals surface area contributed by atoms with E-state index in [1.54, 1.807) is 0 Å². The van der Waals surface area contributed by atoms with Crippen LogP contribution in [-0.2, 0) is 17.7 Å². The zero-order chi connectivity index (χ0) is 17.5. The van der Waals surface area contributed by atoms with Gasteiger partial charge in [0, 0.05) is 37.5 Å². The van der Waals surface area contributed by atoms with E-state index < -0.39 is 0 Å². The standard InChI is InChI=1S/C22H30N2O/c1-3-25-18-22(10-9-20-7-4-6-19(2)14-20)11-13-24(17-22)16-21-8-5-12-23-15-21/h4-8,12,14-15H,3,9-11,13,16-18H2,1-2H3/t22-/m0/s1. The van der Waals surface area contributed by atoms with Gasteiger partial charge >= 0.3 is 0 Å². The van der Waals surface area contributed by atoms with Gasteiger partial charge in [-0.15, -0.1) is 0 Å². The summed E-state index contributed by atoms with van der Waals surface area (Å²) in [6, 6.07) is 13.1. The minimum atomic E-state index is 0.280. The van der Waals surface area contributed by atoms with E-state index in [9.17, 15) is 0 Å². The van der Waals surface area contributed by atoms with Gasteiger partial charge in [-0.25, -0.2) is 0 Å². The molecule has 1 saturated heterocycles. The van der Waals surface area contributed by atoms with E-state index in [0.717, 1.165) is 39.3 Å². The molecule has 25 heavy (non-hydrogen) atoms. The monoisotopic (exact) mass is 338 g/mol. The van der Waals surface area contributed by atoms with Gasteiger partial charge in [-0.05, 0) is 56.8 Å². The van der Waals surface area contributed by atoms with Crippen molar-refractivity contribution in [2.24, 2.45) is 5.41 Å². The molecule has 1 aromatic carbocycles. The second-order valence-corrected chi connectivity index (χ2v) is 7.45. The molecule has 1 aliphatic heterocycles. The third-order valence-corrected chi connectivity index (χ3v) is 5.29. The van der Waals surface area contributed by atoms with Crippen LogP contribution in [0.1, 0.15) is 36.5 Å². The van der Waals surface area contributed by atoms with Gasteiger partial charge in [0.1, 0.15) is 0 Å². The molecule has 2 aromatic rings. The number of ether oxygens (including phenoxy) is 1. The van der Waals surface area contributed by atoms with Crippen LogP contribution in [0.2, 0.25) is 0 Å². The number of nitrogens with zero attached hydrogens (tertiary/aromatic N) is 2. The fourth-order valence-electron chi connectivity index (χ4n) is 3.90. The van der Waals surface area contributed by atoms with Crippen molar-refractivity contribution in [3.05, 3.63) is 65.5 Å². The molecule has 1 atom stereocenters. The van der Waals surface area contributed by atoms with Crippen molar-refractivity contribution < 1.29 is 4.74 Å². The van der Waals surface area contributed by atoms with E-state index in [1.807, 2.05) is 18.5 Å². The molecule has 1 fully saturated rings. The van der Waals surface area contributed by atoms with Gasteiger partial charge in [0.05, 0.1) is 6.61 Å². The molecule has 3 nitrogen and oxygen atoms in total. The van der Waals surface area contributed by atoms with Crippen LogP contribution < -0.4 is 0 Å². The Morgan fingerprint density at radius 1 is 1.20 bits per heavy atom. The highest BCUT2D eigenvalue weighted by molar-refractivity contribution is 5.22. The van der Waals surface area contributed by atoms with Gasteiger partial charge in [0.15, 0.2) is 0 Å². The summed E-state index contributed by atoms with van der Waals surface area (Å²) < 4.78 is 5.89. The molecular weight excluding hydrogens is 308 g/mol. The molecule has 0 amide bonds. The maximum absolute atomic E-state index is 5.89. The quantitative estimate of drug-likeness (QED) is 0.719. The summed E-state index contributed by atoms with van der Waals surface area (Å²) >= 11 is 0. The Kier molecular flexibility index (Phi) is 6.22. The molecule has 1 aromatic heterocycles. The van der Waals surface area contributed by atoms with E-state index >= 15 is 0 Å². The van der Waals surface area contributed by atoms with Crippen LogP contribution in [0, 0.1) is 12.3 Å². The van der Waals surface area contributed by atoms with Crippen LogP contribution in [0.5, 0.6) is 0 Å². The first-order valence-electron chi connectivity index (χ1n) is 9.44. The maximum Gasteiger partial charge on any atom is 0.0535 e. The smallest absolute Gasteiger partial charge is 0.0535 e. The topological polar surface area (TPSA) is 25.4 Å². The number of benzene rings is 1. The Hall–Kier alpha value is -1.71.